The zero-order valence-electron chi connectivity index (χ0n) is 7.41. The largest absolute Gasteiger partial charge is 0.396 e. The molecule has 1 aromatic rings. The number of aliphatic hydroxyl groups is 1. The molecule has 3 nitrogen and oxygen atoms in total. The molecule has 1 rings (SSSR count). The Morgan fingerprint density at radius 3 is 3.00 bits per heavy atom. The molecule has 14 heavy (non-hydrogen) atoms. The summed E-state index contributed by atoms with van der Waals surface area (Å²) < 4.78 is 0.857. The lowest BCUT2D eigenvalue weighted by Crippen LogP contribution is -1.90. The summed E-state index contributed by atoms with van der Waals surface area (Å²) in [6.07, 6.45) is 3.43. The Bertz CT molecular complexity index is 301. The lowest BCUT2D eigenvalue weighted by atomic mass is 10.4. The Balaban J connectivity index is 2.45. The minimum Gasteiger partial charge on any atom is -0.396 e. The van der Waals surface area contributed by atoms with Gasteiger partial charge in [0, 0.05) is 12.8 Å². The van der Waals surface area contributed by atoms with Gasteiger partial charge < -0.3 is 5.11 Å². The topological polar surface area (TPSA) is 46.0 Å². The zero-order chi connectivity index (χ0) is 10.4. The molecule has 0 aliphatic heterocycles. The van der Waals surface area contributed by atoms with Crippen molar-refractivity contribution in [3.63, 3.8) is 0 Å². The second kappa shape index (κ2) is 6.61. The molecule has 0 saturated carbocycles. The van der Waals surface area contributed by atoms with Gasteiger partial charge in [-0.3, -0.25) is 0 Å². The van der Waals surface area contributed by atoms with E-state index in [1.165, 1.54) is 0 Å². The summed E-state index contributed by atoms with van der Waals surface area (Å²) in [4.78, 5) is 7.92. The van der Waals surface area contributed by atoms with Crippen LogP contribution in [0.3, 0.4) is 0 Å². The molecule has 0 atom stereocenters. The molecule has 0 aliphatic rings. The molecule has 6 heteroatoms. The highest BCUT2D eigenvalue weighted by Gasteiger charge is 2.03. The fourth-order valence-corrected chi connectivity index (χ4v) is 2.42. The van der Waals surface area contributed by atoms with Gasteiger partial charge in [0.2, 0.25) is 5.28 Å². The van der Waals surface area contributed by atoms with Crippen LogP contribution in [0.25, 0.3) is 0 Å². The van der Waals surface area contributed by atoms with Crippen LogP contribution in [0.5, 0.6) is 0 Å². The number of hydrogen-bond acceptors (Lipinski definition) is 4. The van der Waals surface area contributed by atoms with Crippen LogP contribution in [-0.2, 0) is 0 Å². The minimum atomic E-state index is 0.242. The van der Waals surface area contributed by atoms with Crippen molar-refractivity contribution in [1.82, 2.24) is 9.97 Å². The first kappa shape index (κ1) is 12.2. The maximum atomic E-state index is 8.60. The van der Waals surface area contributed by atoms with E-state index >= 15 is 0 Å². The highest BCUT2D eigenvalue weighted by molar-refractivity contribution is 9.10. The van der Waals surface area contributed by atoms with Gasteiger partial charge in [-0.05, 0) is 46.1 Å². The lowest BCUT2D eigenvalue weighted by Gasteiger charge is -2.02. The molecule has 1 N–H and O–H groups in total. The SMILES string of the molecule is OCCCCSc1nc(Cl)ncc1Br. The van der Waals surface area contributed by atoms with Crippen molar-refractivity contribution < 1.29 is 5.11 Å². The van der Waals surface area contributed by atoms with E-state index in [0.717, 1.165) is 28.1 Å². The smallest absolute Gasteiger partial charge is 0.223 e. The standard InChI is InChI=1S/C8H10BrClN2OS/c9-6-5-11-8(10)12-7(6)14-4-2-1-3-13/h5,13H,1-4H2. The molecule has 1 heterocycles. The molecule has 0 aliphatic carbocycles. The summed E-state index contributed by atoms with van der Waals surface area (Å²) in [6, 6.07) is 0. The van der Waals surface area contributed by atoms with Crippen molar-refractivity contribution in [2.24, 2.45) is 0 Å². The normalized spacial score (nSPS) is 10.5. The molecular weight excluding hydrogens is 288 g/mol. The number of rotatable bonds is 5. The van der Waals surface area contributed by atoms with Crippen molar-refractivity contribution in [2.75, 3.05) is 12.4 Å². The van der Waals surface area contributed by atoms with Crippen molar-refractivity contribution in [2.45, 2.75) is 17.9 Å². The van der Waals surface area contributed by atoms with Crippen LogP contribution in [0.15, 0.2) is 15.7 Å². The number of nitrogens with zero attached hydrogens (tertiary/aromatic N) is 2. The molecule has 0 unspecified atom stereocenters. The van der Waals surface area contributed by atoms with Crippen LogP contribution in [0.1, 0.15) is 12.8 Å². The first-order chi connectivity index (χ1) is 6.74. The number of halogens is 2. The Kier molecular flexibility index (Phi) is 5.77. The van der Waals surface area contributed by atoms with Crippen LogP contribution in [0.2, 0.25) is 5.28 Å². The van der Waals surface area contributed by atoms with E-state index in [-0.39, 0.29) is 11.9 Å². The number of unbranched alkanes of at least 4 members (excludes halogenated alkanes) is 1. The lowest BCUT2D eigenvalue weighted by molar-refractivity contribution is 0.287. The van der Waals surface area contributed by atoms with Gasteiger partial charge in [0.25, 0.3) is 0 Å². The van der Waals surface area contributed by atoms with E-state index < -0.39 is 0 Å². The van der Waals surface area contributed by atoms with Gasteiger partial charge in [-0.1, -0.05) is 0 Å². The van der Waals surface area contributed by atoms with E-state index in [1.54, 1.807) is 18.0 Å². The molecule has 0 fully saturated rings. The molecule has 1 aromatic heterocycles. The molecule has 0 aromatic carbocycles. The quantitative estimate of drug-likeness (QED) is 0.393. The summed E-state index contributed by atoms with van der Waals surface area (Å²) >= 11 is 10.6. The summed E-state index contributed by atoms with van der Waals surface area (Å²) in [5.74, 6) is 0.923. The van der Waals surface area contributed by atoms with Gasteiger partial charge in [0.15, 0.2) is 0 Å². The summed E-state index contributed by atoms with van der Waals surface area (Å²) in [5, 5.41) is 9.71. The Labute approximate surface area is 100 Å². The van der Waals surface area contributed by atoms with E-state index in [0.29, 0.717) is 0 Å². The van der Waals surface area contributed by atoms with Crippen LogP contribution in [0, 0.1) is 0 Å². The predicted octanol–water partition coefficient (Wildman–Crippen LogP) is 2.76. The molecule has 0 bridgehead atoms. The molecule has 0 amide bonds. The number of hydrogen-bond donors (Lipinski definition) is 1. The van der Waals surface area contributed by atoms with Gasteiger partial charge in [0.05, 0.1) is 4.47 Å². The monoisotopic (exact) mass is 296 g/mol. The fraction of sp³-hybridized carbons (Fsp3) is 0.500. The van der Waals surface area contributed by atoms with Crippen LogP contribution >= 0.6 is 39.3 Å². The van der Waals surface area contributed by atoms with Gasteiger partial charge in [-0.25, -0.2) is 9.97 Å². The van der Waals surface area contributed by atoms with Crippen molar-refractivity contribution in [1.29, 1.82) is 0 Å². The second-order valence-electron chi connectivity index (χ2n) is 2.57. The molecule has 0 radical (unpaired) electrons. The van der Waals surface area contributed by atoms with Gasteiger partial charge >= 0.3 is 0 Å². The average molecular weight is 298 g/mol. The Morgan fingerprint density at radius 2 is 2.29 bits per heavy atom. The van der Waals surface area contributed by atoms with E-state index in [2.05, 4.69) is 25.9 Å². The van der Waals surface area contributed by atoms with Gasteiger partial charge in [-0.15, -0.1) is 11.8 Å². The Hall–Kier alpha value is 0.160. The number of aliphatic hydroxyl groups excluding tert-OH is 1. The van der Waals surface area contributed by atoms with E-state index in [9.17, 15) is 0 Å². The first-order valence-corrected chi connectivity index (χ1v) is 6.31. The highest BCUT2D eigenvalue weighted by atomic mass is 79.9. The zero-order valence-corrected chi connectivity index (χ0v) is 10.6. The Morgan fingerprint density at radius 1 is 1.50 bits per heavy atom. The van der Waals surface area contributed by atoms with Crippen LogP contribution in [-0.4, -0.2) is 27.4 Å². The number of aromatic nitrogens is 2. The molecule has 78 valence electrons. The second-order valence-corrected chi connectivity index (χ2v) is 4.85. The predicted molar refractivity (Wildman–Crippen MR) is 61.8 cm³/mol. The van der Waals surface area contributed by atoms with Crippen molar-refractivity contribution in [3.05, 3.63) is 16.0 Å². The maximum Gasteiger partial charge on any atom is 0.223 e. The van der Waals surface area contributed by atoms with E-state index in [1.807, 2.05) is 0 Å². The fourth-order valence-electron chi connectivity index (χ4n) is 0.815. The van der Waals surface area contributed by atoms with Gasteiger partial charge in [0.1, 0.15) is 5.03 Å². The average Bonchev–Trinajstić information content (AvgIpc) is 2.18. The summed E-state index contributed by atoms with van der Waals surface area (Å²) in [7, 11) is 0. The molecule has 0 spiro atoms. The first-order valence-electron chi connectivity index (χ1n) is 4.15. The van der Waals surface area contributed by atoms with Crippen LogP contribution < -0.4 is 0 Å². The summed E-state index contributed by atoms with van der Waals surface area (Å²) in [5.41, 5.74) is 0. The third-order valence-corrected chi connectivity index (χ3v) is 3.58. The van der Waals surface area contributed by atoms with Gasteiger partial charge in [-0.2, -0.15) is 0 Å². The third kappa shape index (κ3) is 4.13. The third-order valence-electron chi connectivity index (χ3n) is 1.47. The number of thioether (sulfide) groups is 1. The van der Waals surface area contributed by atoms with Crippen molar-refractivity contribution in [3.8, 4) is 0 Å². The van der Waals surface area contributed by atoms with Crippen molar-refractivity contribution >= 4 is 39.3 Å². The summed E-state index contributed by atoms with van der Waals surface area (Å²) in [6.45, 7) is 0.242. The van der Waals surface area contributed by atoms with Crippen LogP contribution in [0.4, 0.5) is 0 Å². The van der Waals surface area contributed by atoms with E-state index in [4.69, 9.17) is 16.7 Å². The molecule has 0 saturated heterocycles. The highest BCUT2D eigenvalue weighted by Crippen LogP contribution is 2.26. The minimum absolute atomic E-state index is 0.242. The maximum absolute atomic E-state index is 8.60. The molecular formula is C8H10BrClN2OS.